The van der Waals surface area contributed by atoms with Crippen molar-refractivity contribution in [2.75, 3.05) is 24.6 Å². The van der Waals surface area contributed by atoms with Crippen LogP contribution < -0.4 is 4.90 Å². The quantitative estimate of drug-likeness (QED) is 0.849. The van der Waals surface area contributed by atoms with E-state index in [1.54, 1.807) is 11.3 Å². The van der Waals surface area contributed by atoms with E-state index >= 15 is 0 Å². The maximum atomic E-state index is 11.8. The minimum absolute atomic E-state index is 0.263. The smallest absolute Gasteiger partial charge is 0.356 e. The summed E-state index contributed by atoms with van der Waals surface area (Å²) in [6.45, 7) is 3.60. The van der Waals surface area contributed by atoms with Crippen molar-refractivity contribution in [1.82, 2.24) is 9.38 Å². The number of pyridine rings is 1. The Balaban J connectivity index is 1.91. The molecule has 2 aromatic heterocycles. The lowest BCUT2D eigenvalue weighted by Crippen LogP contribution is -2.21. The molecule has 0 radical (unpaired) electrons. The summed E-state index contributed by atoms with van der Waals surface area (Å²) in [5.41, 5.74) is 2.14. The number of fused-ring (bicyclic) bond motifs is 1. The standard InChI is InChI=1S/C14H17N3O3/c1-2-20-14(19)12-8-15-13-7-10(3-6-17(12)13)16-5-4-11(18)9-16/h3,6-8,11,18H,2,4-5,9H2,1H3/t11-/m1/s1. The Morgan fingerprint density at radius 1 is 1.60 bits per heavy atom. The highest BCUT2D eigenvalue weighted by Gasteiger charge is 2.21. The molecule has 6 nitrogen and oxygen atoms in total. The van der Waals surface area contributed by atoms with Gasteiger partial charge in [-0.2, -0.15) is 0 Å². The first-order valence-corrected chi connectivity index (χ1v) is 6.76. The van der Waals surface area contributed by atoms with Crippen molar-refractivity contribution in [3.8, 4) is 0 Å². The fourth-order valence-corrected chi connectivity index (χ4v) is 2.50. The van der Waals surface area contributed by atoms with Crippen LogP contribution >= 0.6 is 0 Å². The number of β-amino-alcohol motifs (C(OH)–C–C–N with tert-alkyl or cyclic N) is 1. The summed E-state index contributed by atoms with van der Waals surface area (Å²) >= 11 is 0. The number of hydrogen-bond donors (Lipinski definition) is 1. The van der Waals surface area contributed by atoms with Crippen LogP contribution in [0.25, 0.3) is 5.65 Å². The van der Waals surface area contributed by atoms with Gasteiger partial charge in [0, 0.05) is 31.0 Å². The average molecular weight is 275 g/mol. The van der Waals surface area contributed by atoms with Crippen molar-refractivity contribution >= 4 is 17.3 Å². The van der Waals surface area contributed by atoms with E-state index in [1.807, 2.05) is 18.3 Å². The Morgan fingerprint density at radius 2 is 2.45 bits per heavy atom. The molecule has 0 saturated carbocycles. The molecule has 0 bridgehead atoms. The van der Waals surface area contributed by atoms with E-state index in [4.69, 9.17) is 4.74 Å². The van der Waals surface area contributed by atoms with Gasteiger partial charge in [0.15, 0.2) is 5.69 Å². The second kappa shape index (κ2) is 5.13. The van der Waals surface area contributed by atoms with Crippen LogP contribution in [-0.4, -0.2) is 46.3 Å². The molecule has 0 spiro atoms. The van der Waals surface area contributed by atoms with Gasteiger partial charge < -0.3 is 14.7 Å². The van der Waals surface area contributed by atoms with Crippen LogP contribution in [0.15, 0.2) is 24.5 Å². The highest BCUT2D eigenvalue weighted by molar-refractivity contribution is 5.88. The monoisotopic (exact) mass is 275 g/mol. The van der Waals surface area contributed by atoms with Crippen molar-refractivity contribution in [2.24, 2.45) is 0 Å². The first kappa shape index (κ1) is 12.9. The third-order valence-corrected chi connectivity index (χ3v) is 3.51. The molecule has 3 rings (SSSR count). The van der Waals surface area contributed by atoms with E-state index < -0.39 is 0 Å². The number of carbonyl (C=O) groups is 1. The molecular weight excluding hydrogens is 258 g/mol. The Bertz CT molecular complexity index is 638. The van der Waals surface area contributed by atoms with Crippen molar-refractivity contribution in [3.05, 3.63) is 30.2 Å². The zero-order valence-corrected chi connectivity index (χ0v) is 11.3. The van der Waals surface area contributed by atoms with E-state index in [0.29, 0.717) is 24.5 Å². The minimum atomic E-state index is -0.371. The number of ether oxygens (including phenoxy) is 1. The molecule has 1 saturated heterocycles. The maximum absolute atomic E-state index is 11.8. The van der Waals surface area contributed by atoms with E-state index in [1.165, 1.54) is 6.20 Å². The first-order valence-electron chi connectivity index (χ1n) is 6.76. The fraction of sp³-hybridized carbons (Fsp3) is 0.429. The molecule has 1 N–H and O–H groups in total. The summed E-state index contributed by atoms with van der Waals surface area (Å²) in [7, 11) is 0. The van der Waals surface area contributed by atoms with Crippen molar-refractivity contribution in [2.45, 2.75) is 19.4 Å². The molecule has 1 atom stereocenters. The highest BCUT2D eigenvalue weighted by atomic mass is 16.5. The Morgan fingerprint density at radius 3 is 3.15 bits per heavy atom. The molecule has 106 valence electrons. The summed E-state index contributed by atoms with van der Waals surface area (Å²) in [5.74, 6) is -0.371. The number of aliphatic hydroxyl groups is 1. The zero-order valence-electron chi connectivity index (χ0n) is 11.3. The lowest BCUT2D eigenvalue weighted by molar-refractivity contribution is 0.0518. The summed E-state index contributed by atoms with van der Waals surface area (Å²) in [6, 6.07) is 3.84. The van der Waals surface area contributed by atoms with Gasteiger partial charge in [-0.15, -0.1) is 0 Å². The number of nitrogens with zero attached hydrogens (tertiary/aromatic N) is 3. The molecule has 3 heterocycles. The summed E-state index contributed by atoms with van der Waals surface area (Å²) < 4.78 is 6.71. The van der Waals surface area contributed by atoms with Crippen LogP contribution in [0.2, 0.25) is 0 Å². The van der Waals surface area contributed by atoms with Gasteiger partial charge in [0.1, 0.15) is 5.65 Å². The second-order valence-electron chi connectivity index (χ2n) is 4.87. The largest absolute Gasteiger partial charge is 0.461 e. The number of imidazole rings is 1. The third kappa shape index (κ3) is 2.22. The van der Waals surface area contributed by atoms with Crippen LogP contribution in [0.1, 0.15) is 23.8 Å². The predicted octanol–water partition coefficient (Wildman–Crippen LogP) is 1.08. The van der Waals surface area contributed by atoms with Gasteiger partial charge in [-0.25, -0.2) is 9.78 Å². The predicted molar refractivity (Wildman–Crippen MR) is 74.0 cm³/mol. The molecule has 6 heteroatoms. The summed E-state index contributed by atoms with van der Waals surface area (Å²) in [5, 5.41) is 9.59. The molecule has 20 heavy (non-hydrogen) atoms. The van der Waals surface area contributed by atoms with Crippen molar-refractivity contribution in [3.63, 3.8) is 0 Å². The van der Waals surface area contributed by atoms with E-state index in [0.717, 1.165) is 18.7 Å². The van der Waals surface area contributed by atoms with Gasteiger partial charge in [-0.1, -0.05) is 0 Å². The Hall–Kier alpha value is -2.08. The first-order chi connectivity index (χ1) is 9.69. The van der Waals surface area contributed by atoms with Gasteiger partial charge >= 0.3 is 5.97 Å². The Kier molecular flexibility index (Phi) is 3.31. The number of esters is 1. The SMILES string of the molecule is CCOC(=O)c1cnc2cc(N3CC[C@@H](O)C3)ccn12. The molecule has 1 fully saturated rings. The van der Waals surface area contributed by atoms with Crippen LogP contribution in [0, 0.1) is 0 Å². The van der Waals surface area contributed by atoms with Gasteiger partial charge in [0.05, 0.1) is 18.9 Å². The topological polar surface area (TPSA) is 67.1 Å². The minimum Gasteiger partial charge on any atom is -0.461 e. The third-order valence-electron chi connectivity index (χ3n) is 3.51. The lowest BCUT2D eigenvalue weighted by Gasteiger charge is -2.17. The van der Waals surface area contributed by atoms with Gasteiger partial charge in [0.25, 0.3) is 0 Å². The molecular formula is C14H17N3O3. The van der Waals surface area contributed by atoms with Crippen LogP contribution in [-0.2, 0) is 4.74 Å². The van der Waals surface area contributed by atoms with E-state index in [-0.39, 0.29) is 12.1 Å². The molecule has 1 aliphatic rings. The fourth-order valence-electron chi connectivity index (χ4n) is 2.50. The van der Waals surface area contributed by atoms with Crippen molar-refractivity contribution < 1.29 is 14.6 Å². The van der Waals surface area contributed by atoms with E-state index in [9.17, 15) is 9.90 Å². The van der Waals surface area contributed by atoms with Crippen LogP contribution in [0.5, 0.6) is 0 Å². The molecule has 2 aromatic rings. The highest BCUT2D eigenvalue weighted by Crippen LogP contribution is 2.22. The van der Waals surface area contributed by atoms with Crippen LogP contribution in [0.3, 0.4) is 0 Å². The van der Waals surface area contributed by atoms with Gasteiger partial charge in [-0.3, -0.25) is 4.40 Å². The Labute approximate surface area is 116 Å². The summed E-state index contributed by atoms with van der Waals surface area (Å²) in [6.07, 6.45) is 3.86. The second-order valence-corrected chi connectivity index (χ2v) is 4.87. The number of anilines is 1. The molecule has 0 aromatic carbocycles. The lowest BCUT2D eigenvalue weighted by atomic mass is 10.3. The maximum Gasteiger partial charge on any atom is 0.356 e. The molecule has 1 aliphatic heterocycles. The van der Waals surface area contributed by atoms with Gasteiger partial charge in [-0.05, 0) is 19.4 Å². The number of rotatable bonds is 3. The van der Waals surface area contributed by atoms with Crippen LogP contribution in [0.4, 0.5) is 5.69 Å². The van der Waals surface area contributed by atoms with E-state index in [2.05, 4.69) is 9.88 Å². The summed E-state index contributed by atoms with van der Waals surface area (Å²) in [4.78, 5) is 18.1. The average Bonchev–Trinajstić information content (AvgIpc) is 3.04. The molecule has 0 amide bonds. The number of carbonyl (C=O) groups excluding carboxylic acids is 1. The zero-order chi connectivity index (χ0) is 14.1. The van der Waals surface area contributed by atoms with Gasteiger partial charge in [0.2, 0.25) is 0 Å². The van der Waals surface area contributed by atoms with Crippen molar-refractivity contribution in [1.29, 1.82) is 0 Å². The molecule has 0 unspecified atom stereocenters. The normalized spacial score (nSPS) is 18.7. The number of hydrogen-bond acceptors (Lipinski definition) is 5. The number of aliphatic hydroxyl groups excluding tert-OH is 1. The number of aromatic nitrogens is 2. The molecule has 0 aliphatic carbocycles.